The number of hydrogen-bond donors (Lipinski definition) is 1. The summed E-state index contributed by atoms with van der Waals surface area (Å²) in [5, 5.41) is 8.99. The predicted octanol–water partition coefficient (Wildman–Crippen LogP) is 4.26. The standard InChI is InChI=1S/C20H23N3O2S/c24-18(13-12-16-8-3-1-4-9-16)21-14-6-2-5-11-19-22-20(23-25-19)17-10-7-15-26-17/h1,3-4,7-10,15H,2,5-6,11-14H2,(H,21,24). The zero-order valence-corrected chi connectivity index (χ0v) is 15.5. The molecule has 0 aliphatic carbocycles. The lowest BCUT2D eigenvalue weighted by molar-refractivity contribution is -0.121. The van der Waals surface area contributed by atoms with E-state index < -0.39 is 0 Å². The predicted molar refractivity (Wildman–Crippen MR) is 103 cm³/mol. The van der Waals surface area contributed by atoms with E-state index in [-0.39, 0.29) is 5.91 Å². The summed E-state index contributed by atoms with van der Waals surface area (Å²) in [4.78, 5) is 17.3. The van der Waals surface area contributed by atoms with Crippen LogP contribution in [-0.4, -0.2) is 22.6 Å². The Labute approximate surface area is 157 Å². The van der Waals surface area contributed by atoms with Gasteiger partial charge in [-0.15, -0.1) is 11.3 Å². The molecule has 3 aromatic rings. The van der Waals surface area contributed by atoms with Crippen LogP contribution in [0.1, 0.15) is 37.1 Å². The number of nitrogens with one attached hydrogen (secondary N) is 1. The van der Waals surface area contributed by atoms with Gasteiger partial charge in [0, 0.05) is 19.4 Å². The number of nitrogens with zero attached hydrogens (tertiary/aromatic N) is 2. The van der Waals surface area contributed by atoms with Crippen LogP contribution in [0.5, 0.6) is 0 Å². The largest absolute Gasteiger partial charge is 0.356 e. The number of aryl methyl sites for hydroxylation is 2. The third-order valence-corrected chi connectivity index (χ3v) is 4.95. The van der Waals surface area contributed by atoms with Gasteiger partial charge in [-0.1, -0.05) is 48.0 Å². The molecule has 1 N–H and O–H groups in total. The Balaban J connectivity index is 1.25. The smallest absolute Gasteiger partial charge is 0.226 e. The van der Waals surface area contributed by atoms with E-state index in [2.05, 4.69) is 27.6 Å². The highest BCUT2D eigenvalue weighted by atomic mass is 32.1. The van der Waals surface area contributed by atoms with Gasteiger partial charge in [0.2, 0.25) is 17.6 Å². The molecule has 2 aromatic heterocycles. The third kappa shape index (κ3) is 5.81. The van der Waals surface area contributed by atoms with E-state index in [1.54, 1.807) is 11.3 Å². The van der Waals surface area contributed by atoms with Crippen molar-refractivity contribution in [2.24, 2.45) is 0 Å². The second-order valence-electron chi connectivity index (χ2n) is 6.14. The minimum absolute atomic E-state index is 0.117. The number of aromatic nitrogens is 2. The lowest BCUT2D eigenvalue weighted by Crippen LogP contribution is -2.24. The number of rotatable bonds is 10. The Hall–Kier alpha value is -2.47. The van der Waals surface area contributed by atoms with Crippen LogP contribution in [0.2, 0.25) is 0 Å². The topological polar surface area (TPSA) is 68.0 Å². The van der Waals surface area contributed by atoms with Crippen molar-refractivity contribution in [3.05, 3.63) is 59.3 Å². The summed E-state index contributed by atoms with van der Waals surface area (Å²) in [6.07, 6.45) is 5.07. The van der Waals surface area contributed by atoms with Gasteiger partial charge in [0.1, 0.15) is 0 Å². The molecule has 0 radical (unpaired) electrons. The molecule has 0 saturated heterocycles. The molecular formula is C20H23N3O2S. The van der Waals surface area contributed by atoms with E-state index in [1.165, 1.54) is 5.56 Å². The highest BCUT2D eigenvalue weighted by Gasteiger charge is 2.09. The Kier molecular flexibility index (Phi) is 6.96. The Morgan fingerprint density at radius 3 is 2.73 bits per heavy atom. The van der Waals surface area contributed by atoms with E-state index in [0.717, 1.165) is 43.5 Å². The maximum absolute atomic E-state index is 11.8. The first-order valence-electron chi connectivity index (χ1n) is 8.98. The number of unbranched alkanes of at least 4 members (excludes halogenated alkanes) is 2. The van der Waals surface area contributed by atoms with Crippen molar-refractivity contribution in [1.82, 2.24) is 15.5 Å². The van der Waals surface area contributed by atoms with Crippen molar-refractivity contribution < 1.29 is 9.32 Å². The Morgan fingerprint density at radius 2 is 1.92 bits per heavy atom. The van der Waals surface area contributed by atoms with E-state index in [1.807, 2.05) is 35.7 Å². The second kappa shape index (κ2) is 9.87. The number of benzene rings is 1. The van der Waals surface area contributed by atoms with E-state index in [4.69, 9.17) is 4.52 Å². The Bertz CT molecular complexity index is 785. The summed E-state index contributed by atoms with van der Waals surface area (Å²) in [7, 11) is 0. The number of thiophene rings is 1. The maximum Gasteiger partial charge on any atom is 0.226 e. The summed E-state index contributed by atoms with van der Waals surface area (Å²) >= 11 is 1.60. The molecule has 3 rings (SSSR count). The molecule has 6 heteroatoms. The van der Waals surface area contributed by atoms with Gasteiger partial charge in [-0.25, -0.2) is 0 Å². The average Bonchev–Trinajstić information content (AvgIpc) is 3.35. The van der Waals surface area contributed by atoms with Gasteiger partial charge in [0.15, 0.2) is 0 Å². The van der Waals surface area contributed by atoms with Gasteiger partial charge < -0.3 is 9.84 Å². The fraction of sp³-hybridized carbons (Fsp3) is 0.350. The van der Waals surface area contributed by atoms with Crippen molar-refractivity contribution in [3.8, 4) is 10.7 Å². The molecule has 0 bridgehead atoms. The summed E-state index contributed by atoms with van der Waals surface area (Å²) in [5.74, 6) is 1.47. The van der Waals surface area contributed by atoms with E-state index >= 15 is 0 Å². The molecule has 0 aliphatic rings. The van der Waals surface area contributed by atoms with Gasteiger partial charge in [0.05, 0.1) is 4.88 Å². The average molecular weight is 369 g/mol. The molecule has 0 atom stereocenters. The van der Waals surface area contributed by atoms with Crippen LogP contribution >= 0.6 is 11.3 Å². The molecule has 26 heavy (non-hydrogen) atoms. The molecule has 0 unspecified atom stereocenters. The first kappa shape index (κ1) is 18.3. The summed E-state index contributed by atoms with van der Waals surface area (Å²) in [5.41, 5.74) is 1.20. The van der Waals surface area contributed by atoms with Crippen molar-refractivity contribution in [2.75, 3.05) is 6.54 Å². The first-order valence-corrected chi connectivity index (χ1v) is 9.86. The van der Waals surface area contributed by atoms with Crippen LogP contribution in [0.3, 0.4) is 0 Å². The number of carbonyl (C=O) groups excluding carboxylic acids is 1. The molecule has 136 valence electrons. The first-order chi connectivity index (χ1) is 12.8. The van der Waals surface area contributed by atoms with Crippen LogP contribution in [0.15, 0.2) is 52.4 Å². The van der Waals surface area contributed by atoms with Gasteiger partial charge in [-0.3, -0.25) is 4.79 Å². The van der Waals surface area contributed by atoms with Gasteiger partial charge >= 0.3 is 0 Å². The van der Waals surface area contributed by atoms with Gasteiger partial charge in [-0.05, 0) is 36.3 Å². The lowest BCUT2D eigenvalue weighted by Gasteiger charge is -2.05. The van der Waals surface area contributed by atoms with Crippen molar-refractivity contribution in [3.63, 3.8) is 0 Å². The minimum Gasteiger partial charge on any atom is -0.356 e. The molecule has 0 aliphatic heterocycles. The van der Waals surface area contributed by atoms with Crippen LogP contribution in [-0.2, 0) is 17.6 Å². The monoisotopic (exact) mass is 369 g/mol. The van der Waals surface area contributed by atoms with Crippen LogP contribution < -0.4 is 5.32 Å². The molecule has 5 nitrogen and oxygen atoms in total. The number of hydrogen-bond acceptors (Lipinski definition) is 5. The molecule has 2 heterocycles. The summed E-state index contributed by atoms with van der Waals surface area (Å²) < 4.78 is 5.28. The fourth-order valence-corrected chi connectivity index (χ4v) is 3.31. The van der Waals surface area contributed by atoms with Crippen molar-refractivity contribution in [1.29, 1.82) is 0 Å². The maximum atomic E-state index is 11.8. The van der Waals surface area contributed by atoms with Crippen LogP contribution in [0.25, 0.3) is 10.7 Å². The van der Waals surface area contributed by atoms with Gasteiger partial charge in [-0.2, -0.15) is 4.98 Å². The van der Waals surface area contributed by atoms with E-state index in [0.29, 0.717) is 18.1 Å². The fourth-order valence-electron chi connectivity index (χ4n) is 2.66. The van der Waals surface area contributed by atoms with E-state index in [9.17, 15) is 4.79 Å². The quantitative estimate of drug-likeness (QED) is 0.542. The molecule has 1 aromatic carbocycles. The summed E-state index contributed by atoms with van der Waals surface area (Å²) in [6.45, 7) is 0.720. The third-order valence-electron chi connectivity index (χ3n) is 4.08. The summed E-state index contributed by atoms with van der Waals surface area (Å²) in [6, 6.07) is 14.0. The molecular weight excluding hydrogens is 346 g/mol. The van der Waals surface area contributed by atoms with Gasteiger partial charge in [0.25, 0.3) is 0 Å². The molecule has 0 fully saturated rings. The van der Waals surface area contributed by atoms with Crippen LogP contribution in [0.4, 0.5) is 0 Å². The Morgan fingerprint density at radius 1 is 1.04 bits per heavy atom. The zero-order chi connectivity index (χ0) is 18.0. The minimum atomic E-state index is 0.117. The van der Waals surface area contributed by atoms with Crippen molar-refractivity contribution in [2.45, 2.75) is 38.5 Å². The molecule has 1 amide bonds. The van der Waals surface area contributed by atoms with Crippen molar-refractivity contribution >= 4 is 17.2 Å². The zero-order valence-electron chi connectivity index (χ0n) is 14.7. The number of amides is 1. The second-order valence-corrected chi connectivity index (χ2v) is 7.08. The molecule has 0 spiro atoms. The highest BCUT2D eigenvalue weighted by molar-refractivity contribution is 7.13. The van der Waals surface area contributed by atoms with Crippen LogP contribution in [0, 0.1) is 0 Å². The molecule has 0 saturated carbocycles. The SMILES string of the molecule is O=C(CCc1ccccc1)NCCCCCc1nc(-c2cccs2)no1. The lowest BCUT2D eigenvalue weighted by atomic mass is 10.1. The normalized spacial score (nSPS) is 10.8. The highest BCUT2D eigenvalue weighted by Crippen LogP contribution is 2.21. The number of carbonyl (C=O) groups is 1.